The van der Waals surface area contributed by atoms with Crippen LogP contribution in [0.15, 0.2) is 47.6 Å². The van der Waals surface area contributed by atoms with Gasteiger partial charge in [0.25, 0.3) is 0 Å². The Morgan fingerprint density at radius 1 is 0.864 bits per heavy atom. The van der Waals surface area contributed by atoms with E-state index in [0.29, 0.717) is 12.0 Å². The van der Waals surface area contributed by atoms with Gasteiger partial charge in [0.15, 0.2) is 0 Å². The summed E-state index contributed by atoms with van der Waals surface area (Å²) in [7, 11) is 0. The predicted octanol–water partition coefficient (Wildman–Crippen LogP) is -4.69. The van der Waals surface area contributed by atoms with Crippen molar-refractivity contribution in [2.45, 2.75) is 40.5 Å². The van der Waals surface area contributed by atoms with Crippen LogP contribution in [0, 0.1) is 0 Å². The second-order valence-electron chi connectivity index (χ2n) is 3.70. The van der Waals surface area contributed by atoms with Gasteiger partial charge in [0.05, 0.1) is 11.9 Å². The van der Waals surface area contributed by atoms with Gasteiger partial charge >= 0.3 is 103 Å². The molecule has 0 aliphatic rings. The molecule has 0 aromatic rings. The van der Waals surface area contributed by atoms with Gasteiger partial charge in [-0.15, -0.1) is 0 Å². The van der Waals surface area contributed by atoms with E-state index in [1.54, 1.807) is 19.1 Å². The van der Waals surface area contributed by atoms with Crippen LogP contribution >= 0.6 is 0 Å². The quantitative estimate of drug-likeness (QED) is 0.272. The van der Waals surface area contributed by atoms with Gasteiger partial charge in [0.2, 0.25) is 0 Å². The molecule has 0 fully saturated rings. The SMILES string of the molecule is C/C=C/C(CC)=C(\CC)C(=O)[O-].C/C=C/C=C/C(=O)[O-].[K+].[K+]. The monoisotopic (exact) mass is 356 g/mol. The van der Waals surface area contributed by atoms with E-state index in [-0.39, 0.29) is 103 Å². The summed E-state index contributed by atoms with van der Waals surface area (Å²) in [5.74, 6) is -2.21. The second-order valence-corrected chi connectivity index (χ2v) is 3.70. The van der Waals surface area contributed by atoms with Crippen molar-refractivity contribution in [1.82, 2.24) is 0 Å². The Balaban J connectivity index is -0.000000144. The largest absolute Gasteiger partial charge is 1.00 e. The van der Waals surface area contributed by atoms with E-state index in [9.17, 15) is 19.8 Å². The van der Waals surface area contributed by atoms with Crippen molar-refractivity contribution in [1.29, 1.82) is 0 Å². The van der Waals surface area contributed by atoms with Crippen LogP contribution in [0.1, 0.15) is 40.5 Å². The standard InChI is InChI=1S/C10H16O2.C6H8O2.2K/c1-4-7-8(5-2)9(6-3)10(11)12;1-2-3-4-5-6(7)8;;/h4,7H,5-6H2,1-3H3,(H,11,12);2-5H,1H3,(H,7,8);;/q;;2*+1/p-2/b7-4+,9-8+;3-2+,5-4+;;. The molecule has 0 unspecified atom stereocenters. The minimum Gasteiger partial charge on any atom is -0.545 e. The Hall–Kier alpha value is 1.17. The maximum absolute atomic E-state index is 10.6. The van der Waals surface area contributed by atoms with Crippen molar-refractivity contribution < 1.29 is 123 Å². The summed E-state index contributed by atoms with van der Waals surface area (Å²) < 4.78 is 0. The fourth-order valence-electron chi connectivity index (χ4n) is 1.38. The summed E-state index contributed by atoms with van der Waals surface area (Å²) in [6.45, 7) is 7.44. The average molecular weight is 357 g/mol. The molecule has 0 aromatic heterocycles. The first-order valence-electron chi connectivity index (χ1n) is 6.50. The summed E-state index contributed by atoms with van der Waals surface area (Å²) in [4.78, 5) is 20.2. The van der Waals surface area contributed by atoms with Crippen molar-refractivity contribution in [2.24, 2.45) is 0 Å². The van der Waals surface area contributed by atoms with Gasteiger partial charge in [-0.25, -0.2) is 0 Å². The molecule has 0 bridgehead atoms. The van der Waals surface area contributed by atoms with Crippen molar-refractivity contribution in [3.63, 3.8) is 0 Å². The molecule has 22 heavy (non-hydrogen) atoms. The molecule has 0 heterocycles. The third-order valence-electron chi connectivity index (χ3n) is 2.27. The number of rotatable bonds is 6. The van der Waals surface area contributed by atoms with E-state index in [0.717, 1.165) is 18.1 Å². The Morgan fingerprint density at radius 3 is 1.68 bits per heavy atom. The molecule has 0 amide bonds. The first kappa shape index (κ1) is 31.0. The molecule has 0 aromatic carbocycles. The number of carboxylic acid groups (broad SMARTS) is 2. The van der Waals surface area contributed by atoms with Crippen molar-refractivity contribution >= 4 is 11.9 Å². The molecular weight excluding hydrogens is 334 g/mol. The topological polar surface area (TPSA) is 80.3 Å². The van der Waals surface area contributed by atoms with Crippen molar-refractivity contribution in [3.05, 3.63) is 47.6 Å². The van der Waals surface area contributed by atoms with Crippen LogP contribution < -0.4 is 113 Å². The summed E-state index contributed by atoms with van der Waals surface area (Å²) in [5.41, 5.74) is 1.27. The molecule has 0 saturated heterocycles. The summed E-state index contributed by atoms with van der Waals surface area (Å²) in [5, 5.41) is 20.2. The maximum Gasteiger partial charge on any atom is 1.00 e. The van der Waals surface area contributed by atoms with Crippen LogP contribution in [0.2, 0.25) is 0 Å². The predicted molar refractivity (Wildman–Crippen MR) is 76.4 cm³/mol. The molecule has 0 rings (SSSR count). The molecule has 0 saturated carbocycles. The van der Waals surface area contributed by atoms with Gasteiger partial charge in [-0.05, 0) is 43.9 Å². The number of carbonyl (C=O) groups excluding carboxylic acids is 2. The number of carboxylic acids is 2. The van der Waals surface area contributed by atoms with Gasteiger partial charge < -0.3 is 19.8 Å². The molecule has 0 aliphatic carbocycles. The molecule has 0 radical (unpaired) electrons. The third-order valence-corrected chi connectivity index (χ3v) is 2.27. The van der Waals surface area contributed by atoms with E-state index in [2.05, 4.69) is 0 Å². The zero-order valence-corrected chi connectivity index (χ0v) is 20.8. The van der Waals surface area contributed by atoms with Gasteiger partial charge in [-0.1, -0.05) is 44.2 Å². The normalized spacial score (nSPS) is 11.3. The Kier molecular flexibility index (Phi) is 31.2. The Labute approximate surface area is 218 Å². The zero-order valence-electron chi connectivity index (χ0n) is 14.5. The van der Waals surface area contributed by atoms with Crippen molar-refractivity contribution in [3.8, 4) is 0 Å². The molecule has 0 aliphatic heterocycles. The van der Waals surface area contributed by atoms with Crippen LogP contribution in [-0.4, -0.2) is 11.9 Å². The van der Waals surface area contributed by atoms with E-state index < -0.39 is 11.9 Å². The van der Waals surface area contributed by atoms with Crippen LogP contribution in [0.4, 0.5) is 0 Å². The van der Waals surface area contributed by atoms with E-state index in [4.69, 9.17) is 0 Å². The molecule has 4 nitrogen and oxygen atoms in total. The van der Waals surface area contributed by atoms with Crippen LogP contribution in [-0.2, 0) is 9.59 Å². The molecule has 0 N–H and O–H groups in total. The molecule has 0 atom stereocenters. The zero-order chi connectivity index (χ0) is 16.0. The molecular formula is C16H22K2O4. The Morgan fingerprint density at radius 2 is 1.41 bits per heavy atom. The number of hydrogen-bond donors (Lipinski definition) is 0. The molecule has 6 heteroatoms. The van der Waals surface area contributed by atoms with Gasteiger partial charge in [-0.2, -0.15) is 0 Å². The van der Waals surface area contributed by atoms with Gasteiger partial charge in [-0.3, -0.25) is 0 Å². The summed E-state index contributed by atoms with van der Waals surface area (Å²) in [6, 6.07) is 0. The summed E-state index contributed by atoms with van der Waals surface area (Å²) in [6.07, 6.45) is 10.7. The minimum absolute atomic E-state index is 0. The fraction of sp³-hybridized carbons (Fsp3) is 0.375. The number of allylic oxidation sites excluding steroid dienone is 6. The van der Waals surface area contributed by atoms with E-state index in [1.165, 1.54) is 6.08 Å². The van der Waals surface area contributed by atoms with E-state index >= 15 is 0 Å². The minimum atomic E-state index is -1.16. The number of aliphatic carboxylic acids is 2. The average Bonchev–Trinajstić information content (AvgIpc) is 2.39. The third kappa shape index (κ3) is 19.2. The molecule has 0 spiro atoms. The van der Waals surface area contributed by atoms with Gasteiger partial charge in [0.1, 0.15) is 0 Å². The van der Waals surface area contributed by atoms with Crippen LogP contribution in [0.25, 0.3) is 0 Å². The van der Waals surface area contributed by atoms with Crippen molar-refractivity contribution in [2.75, 3.05) is 0 Å². The first-order chi connectivity index (χ1) is 9.44. The number of carbonyl (C=O) groups is 2. The smallest absolute Gasteiger partial charge is 0.545 e. The van der Waals surface area contributed by atoms with E-state index in [1.807, 2.05) is 32.9 Å². The van der Waals surface area contributed by atoms with Crippen LogP contribution in [0.3, 0.4) is 0 Å². The second kappa shape index (κ2) is 22.2. The van der Waals surface area contributed by atoms with Crippen LogP contribution in [0.5, 0.6) is 0 Å². The molecule has 112 valence electrons. The fourth-order valence-corrected chi connectivity index (χ4v) is 1.38. The number of hydrogen-bond acceptors (Lipinski definition) is 4. The summed E-state index contributed by atoms with van der Waals surface area (Å²) >= 11 is 0. The Bertz CT molecular complexity index is 422. The van der Waals surface area contributed by atoms with Gasteiger partial charge in [0, 0.05) is 0 Å². The maximum atomic E-state index is 10.6. The first-order valence-corrected chi connectivity index (χ1v) is 6.50.